The number of ether oxygens (including phenoxy) is 1. The van der Waals surface area contributed by atoms with Crippen molar-refractivity contribution in [1.29, 1.82) is 0 Å². The summed E-state index contributed by atoms with van der Waals surface area (Å²) in [6.45, 7) is 1.94. The van der Waals surface area contributed by atoms with E-state index in [0.29, 0.717) is 5.02 Å². The minimum Gasteiger partial charge on any atom is -0.496 e. The van der Waals surface area contributed by atoms with Crippen LogP contribution in [0, 0.1) is 6.92 Å². The Morgan fingerprint density at radius 1 is 1.25 bits per heavy atom. The smallest absolute Gasteiger partial charge is 0.203 e. The van der Waals surface area contributed by atoms with Crippen molar-refractivity contribution in [2.24, 2.45) is 5.10 Å². The van der Waals surface area contributed by atoms with E-state index in [1.54, 1.807) is 13.3 Å². The SMILES string of the molecule is COc1cc(C)c(Cl)cc1C=NNc1nc(-c2ccccc2)cs1. The zero-order valence-corrected chi connectivity index (χ0v) is 14.9. The van der Waals surface area contributed by atoms with Gasteiger partial charge in [-0.15, -0.1) is 11.3 Å². The molecule has 1 heterocycles. The van der Waals surface area contributed by atoms with E-state index in [0.717, 1.165) is 33.3 Å². The predicted molar refractivity (Wildman–Crippen MR) is 102 cm³/mol. The third-order valence-electron chi connectivity index (χ3n) is 3.45. The molecule has 0 radical (unpaired) electrons. The quantitative estimate of drug-likeness (QED) is 0.502. The lowest BCUT2D eigenvalue weighted by atomic mass is 10.1. The highest BCUT2D eigenvalue weighted by Crippen LogP contribution is 2.26. The van der Waals surface area contributed by atoms with Crippen molar-refractivity contribution in [3.05, 3.63) is 64.0 Å². The molecule has 1 N–H and O–H groups in total. The van der Waals surface area contributed by atoms with E-state index in [2.05, 4.69) is 15.5 Å². The molecule has 2 aromatic carbocycles. The molecule has 0 spiro atoms. The first kappa shape index (κ1) is 16.5. The molecule has 0 saturated carbocycles. The lowest BCUT2D eigenvalue weighted by molar-refractivity contribution is 0.414. The van der Waals surface area contributed by atoms with Crippen LogP contribution in [0.15, 0.2) is 52.9 Å². The number of rotatable bonds is 5. The molecule has 0 bridgehead atoms. The van der Waals surface area contributed by atoms with Gasteiger partial charge in [-0.05, 0) is 24.6 Å². The Morgan fingerprint density at radius 3 is 2.79 bits per heavy atom. The number of methoxy groups -OCH3 is 1. The average molecular weight is 358 g/mol. The molecular formula is C18H16ClN3OS. The van der Waals surface area contributed by atoms with Crippen LogP contribution >= 0.6 is 22.9 Å². The van der Waals surface area contributed by atoms with Crippen LogP contribution in [0.2, 0.25) is 5.02 Å². The predicted octanol–water partition coefficient (Wildman–Crippen LogP) is 5.23. The first-order valence-corrected chi connectivity index (χ1v) is 8.57. The van der Waals surface area contributed by atoms with Crippen molar-refractivity contribution in [3.8, 4) is 17.0 Å². The van der Waals surface area contributed by atoms with Crippen molar-refractivity contribution in [2.45, 2.75) is 6.92 Å². The van der Waals surface area contributed by atoms with Gasteiger partial charge in [0.05, 0.1) is 19.0 Å². The molecule has 24 heavy (non-hydrogen) atoms. The molecular weight excluding hydrogens is 342 g/mol. The molecule has 6 heteroatoms. The maximum absolute atomic E-state index is 6.16. The number of nitrogens with one attached hydrogen (secondary N) is 1. The van der Waals surface area contributed by atoms with E-state index in [1.807, 2.05) is 54.8 Å². The third kappa shape index (κ3) is 3.75. The first-order chi connectivity index (χ1) is 11.7. The minimum absolute atomic E-state index is 0.679. The summed E-state index contributed by atoms with van der Waals surface area (Å²) in [5.41, 5.74) is 6.72. The van der Waals surface area contributed by atoms with Crippen LogP contribution in [0.3, 0.4) is 0 Å². The van der Waals surface area contributed by atoms with Crippen molar-refractivity contribution >= 4 is 34.3 Å². The molecule has 0 aliphatic heterocycles. The topological polar surface area (TPSA) is 46.5 Å². The van der Waals surface area contributed by atoms with Gasteiger partial charge in [-0.25, -0.2) is 4.98 Å². The lowest BCUT2D eigenvalue weighted by Crippen LogP contribution is -1.95. The summed E-state index contributed by atoms with van der Waals surface area (Å²) < 4.78 is 5.36. The van der Waals surface area contributed by atoms with Gasteiger partial charge in [0.15, 0.2) is 0 Å². The van der Waals surface area contributed by atoms with Gasteiger partial charge in [0.1, 0.15) is 5.75 Å². The van der Waals surface area contributed by atoms with Crippen LogP contribution in [0.25, 0.3) is 11.3 Å². The van der Waals surface area contributed by atoms with E-state index in [4.69, 9.17) is 16.3 Å². The first-order valence-electron chi connectivity index (χ1n) is 7.31. The normalized spacial score (nSPS) is 11.0. The summed E-state index contributed by atoms with van der Waals surface area (Å²) in [6, 6.07) is 13.8. The van der Waals surface area contributed by atoms with Gasteiger partial charge in [-0.1, -0.05) is 41.9 Å². The second kappa shape index (κ2) is 7.47. The van der Waals surface area contributed by atoms with Crippen molar-refractivity contribution in [1.82, 2.24) is 4.98 Å². The highest BCUT2D eigenvalue weighted by molar-refractivity contribution is 7.14. The van der Waals surface area contributed by atoms with Gasteiger partial charge in [0.2, 0.25) is 5.13 Å². The number of aromatic nitrogens is 1. The standard InChI is InChI=1S/C18H16ClN3OS/c1-12-8-17(23-2)14(9-15(12)19)10-20-22-18-21-16(11-24-18)13-6-4-3-5-7-13/h3-11H,1-2H3,(H,21,22). The Balaban J connectivity index is 1.73. The van der Waals surface area contributed by atoms with Gasteiger partial charge >= 0.3 is 0 Å². The van der Waals surface area contributed by atoms with Crippen LogP contribution in [-0.4, -0.2) is 18.3 Å². The largest absolute Gasteiger partial charge is 0.496 e. The van der Waals surface area contributed by atoms with Crippen molar-refractivity contribution in [3.63, 3.8) is 0 Å². The van der Waals surface area contributed by atoms with E-state index >= 15 is 0 Å². The monoisotopic (exact) mass is 357 g/mol. The summed E-state index contributed by atoms with van der Waals surface area (Å²) in [6.07, 6.45) is 1.67. The maximum atomic E-state index is 6.16. The zero-order valence-electron chi connectivity index (χ0n) is 13.3. The molecule has 4 nitrogen and oxygen atoms in total. The van der Waals surface area contributed by atoms with Crippen LogP contribution < -0.4 is 10.2 Å². The fraction of sp³-hybridized carbons (Fsp3) is 0.111. The molecule has 0 aliphatic rings. The molecule has 3 rings (SSSR count). The Labute approximate surface area is 149 Å². The molecule has 0 aliphatic carbocycles. The number of thiazole rings is 1. The lowest BCUT2D eigenvalue weighted by Gasteiger charge is -2.07. The summed E-state index contributed by atoms with van der Waals surface area (Å²) in [4.78, 5) is 4.52. The van der Waals surface area contributed by atoms with Crippen molar-refractivity contribution < 1.29 is 4.74 Å². The summed E-state index contributed by atoms with van der Waals surface area (Å²) in [5.74, 6) is 0.728. The second-order valence-electron chi connectivity index (χ2n) is 5.12. The summed E-state index contributed by atoms with van der Waals surface area (Å²) in [7, 11) is 1.63. The highest BCUT2D eigenvalue weighted by Gasteiger charge is 2.06. The fourth-order valence-electron chi connectivity index (χ4n) is 2.17. The van der Waals surface area contributed by atoms with Gasteiger partial charge in [0, 0.05) is 21.5 Å². The van der Waals surface area contributed by atoms with E-state index in [9.17, 15) is 0 Å². The molecule has 0 atom stereocenters. The zero-order chi connectivity index (χ0) is 16.9. The molecule has 1 aromatic heterocycles. The molecule has 3 aromatic rings. The minimum atomic E-state index is 0.679. The number of halogens is 1. The number of hydrogen-bond donors (Lipinski definition) is 1. The molecule has 0 saturated heterocycles. The number of hydrogen-bond acceptors (Lipinski definition) is 5. The third-order valence-corrected chi connectivity index (χ3v) is 4.60. The summed E-state index contributed by atoms with van der Waals surface area (Å²) >= 11 is 7.66. The number of anilines is 1. The fourth-order valence-corrected chi connectivity index (χ4v) is 3.01. The van der Waals surface area contributed by atoms with Gasteiger partial charge < -0.3 is 4.74 Å². The van der Waals surface area contributed by atoms with Crippen LogP contribution in [0.4, 0.5) is 5.13 Å². The Morgan fingerprint density at radius 2 is 2.04 bits per heavy atom. The van der Waals surface area contributed by atoms with Gasteiger partial charge in [-0.2, -0.15) is 5.10 Å². The van der Waals surface area contributed by atoms with E-state index in [1.165, 1.54) is 11.3 Å². The Kier molecular flexibility index (Phi) is 5.13. The maximum Gasteiger partial charge on any atom is 0.203 e. The van der Waals surface area contributed by atoms with Crippen LogP contribution in [0.5, 0.6) is 5.75 Å². The average Bonchev–Trinajstić information content (AvgIpc) is 3.07. The number of hydrazone groups is 1. The molecule has 122 valence electrons. The number of benzene rings is 2. The number of aryl methyl sites for hydroxylation is 1. The van der Waals surface area contributed by atoms with Gasteiger partial charge in [-0.3, -0.25) is 5.43 Å². The highest BCUT2D eigenvalue weighted by atomic mass is 35.5. The second-order valence-corrected chi connectivity index (χ2v) is 6.38. The molecule has 0 fully saturated rings. The molecule has 0 amide bonds. The summed E-state index contributed by atoms with van der Waals surface area (Å²) in [5, 5.41) is 7.63. The molecule has 0 unspecified atom stereocenters. The Bertz CT molecular complexity index is 862. The van der Waals surface area contributed by atoms with Crippen LogP contribution in [0.1, 0.15) is 11.1 Å². The number of nitrogens with zero attached hydrogens (tertiary/aromatic N) is 2. The van der Waals surface area contributed by atoms with Crippen molar-refractivity contribution in [2.75, 3.05) is 12.5 Å². The Hall–Kier alpha value is -2.37. The van der Waals surface area contributed by atoms with Gasteiger partial charge in [0.25, 0.3) is 0 Å². The van der Waals surface area contributed by atoms with E-state index < -0.39 is 0 Å². The van der Waals surface area contributed by atoms with E-state index in [-0.39, 0.29) is 0 Å². The van der Waals surface area contributed by atoms with Crippen LogP contribution in [-0.2, 0) is 0 Å².